The van der Waals surface area contributed by atoms with Gasteiger partial charge < -0.3 is 45.6 Å². The van der Waals surface area contributed by atoms with E-state index in [4.69, 9.17) is 27.3 Å². The molecule has 27 nitrogen and oxygen atoms in total. The lowest BCUT2D eigenvalue weighted by Crippen LogP contribution is -2.28. The van der Waals surface area contributed by atoms with Gasteiger partial charge in [0.25, 0.3) is 0 Å². The van der Waals surface area contributed by atoms with E-state index in [0.717, 1.165) is 101 Å². The van der Waals surface area contributed by atoms with Gasteiger partial charge in [0.1, 0.15) is 42.0 Å². The molecule has 0 bridgehead atoms. The molecule has 0 aliphatic carbocycles. The van der Waals surface area contributed by atoms with E-state index in [1.807, 2.05) is 93.2 Å². The fourth-order valence-electron chi connectivity index (χ4n) is 9.93. The number of alkyl halides is 1. The molecule has 3 aliphatic heterocycles. The molecule has 3 fully saturated rings. The first-order valence-corrected chi connectivity index (χ1v) is 29.8. The topological polar surface area (TPSA) is 313 Å². The van der Waals surface area contributed by atoms with Crippen LogP contribution in [-0.4, -0.2) is 159 Å². The summed E-state index contributed by atoms with van der Waals surface area (Å²) in [5.41, 5.74) is 15.7. The van der Waals surface area contributed by atoms with Crippen molar-refractivity contribution in [1.82, 2.24) is 103 Å². The average molecular weight is 1270 g/mol. The zero-order valence-electron chi connectivity index (χ0n) is 48.9. The van der Waals surface area contributed by atoms with Crippen molar-refractivity contribution >= 4 is 97.0 Å². The number of nitrogens with one attached hydrogen (secondary N) is 4. The van der Waals surface area contributed by atoms with Gasteiger partial charge in [0, 0.05) is 109 Å². The first kappa shape index (κ1) is 61.3. The van der Waals surface area contributed by atoms with Crippen molar-refractivity contribution in [2.45, 2.75) is 125 Å². The Morgan fingerprint density at radius 2 is 1.01 bits per heavy atom. The van der Waals surface area contributed by atoms with E-state index in [1.165, 1.54) is 23.5 Å². The maximum Gasteiger partial charge on any atom is 0.224 e. The number of rotatable bonds is 13. The lowest BCUT2D eigenvalue weighted by molar-refractivity contribution is -0.127. The monoisotopic (exact) mass is 1270 g/mol. The van der Waals surface area contributed by atoms with Gasteiger partial charge in [-0.3, -0.25) is 28.4 Å². The highest BCUT2D eigenvalue weighted by molar-refractivity contribution is 14.1. The fraction of sp³-hybridized carbons (Fsp3) is 0.500. The molecular formula is C54H74ClIN24O3. The van der Waals surface area contributed by atoms with Gasteiger partial charge in [-0.15, -0.1) is 0 Å². The highest BCUT2D eigenvalue weighted by Gasteiger charge is 2.31. The number of anilines is 2. The van der Waals surface area contributed by atoms with Gasteiger partial charge >= 0.3 is 0 Å². The molecule has 12 heterocycles. The van der Waals surface area contributed by atoms with Crippen molar-refractivity contribution in [3.63, 3.8) is 0 Å². The van der Waals surface area contributed by atoms with E-state index in [0.29, 0.717) is 72.2 Å². The first-order chi connectivity index (χ1) is 39.9. The Hall–Kier alpha value is -7.73. The molecule has 3 atom stereocenters. The summed E-state index contributed by atoms with van der Waals surface area (Å²) in [7, 11) is 5.80. The third-order valence-electron chi connectivity index (χ3n) is 14.4. The predicted molar refractivity (Wildman–Crippen MR) is 328 cm³/mol. The zero-order valence-corrected chi connectivity index (χ0v) is 51.9. The van der Waals surface area contributed by atoms with Crippen LogP contribution in [0.25, 0.3) is 67.7 Å². The molecular weight excluding hydrogens is 1200 g/mol. The average Bonchev–Trinajstić information content (AvgIpc) is 3.84. The number of carbonyl (C=O) groups is 3. The second-order valence-corrected chi connectivity index (χ2v) is 21.6. The number of fused-ring (bicyclic) bond motifs is 3. The van der Waals surface area contributed by atoms with Gasteiger partial charge in [-0.05, 0) is 58.8 Å². The summed E-state index contributed by atoms with van der Waals surface area (Å²) in [4.78, 5) is 75.6. The summed E-state index contributed by atoms with van der Waals surface area (Å²) in [6.45, 7) is 21.7. The number of nitrogens with two attached hydrogens (primary N) is 1. The quantitative estimate of drug-likeness (QED) is 0.0525. The van der Waals surface area contributed by atoms with Crippen LogP contribution in [0.4, 0.5) is 11.6 Å². The van der Waals surface area contributed by atoms with Gasteiger partial charge in [0.05, 0.1) is 47.4 Å². The molecule has 0 radical (unpaired) electrons. The van der Waals surface area contributed by atoms with Crippen molar-refractivity contribution in [3.8, 4) is 34.2 Å². The van der Waals surface area contributed by atoms with Crippen LogP contribution in [0.1, 0.15) is 83.8 Å². The van der Waals surface area contributed by atoms with E-state index in [-0.39, 0.29) is 35.8 Å². The molecule has 9 aromatic heterocycles. The smallest absolute Gasteiger partial charge is 0.224 e. The minimum Gasteiger partial charge on any atom is -0.363 e. The van der Waals surface area contributed by atoms with Gasteiger partial charge in [-0.25, -0.2) is 44.9 Å². The van der Waals surface area contributed by atoms with E-state index < -0.39 is 0 Å². The Labute approximate surface area is 499 Å². The number of hydrogen-bond acceptors (Lipinski definition) is 18. The summed E-state index contributed by atoms with van der Waals surface area (Å²) in [5.74, 6) is 4.04. The minimum absolute atomic E-state index is 0.0145. The fourth-order valence-corrected chi connectivity index (χ4v) is 10.1. The Balaban J connectivity index is 0.000000150. The molecule has 29 heteroatoms. The van der Waals surface area contributed by atoms with Crippen LogP contribution in [0.5, 0.6) is 0 Å². The molecule has 83 heavy (non-hydrogen) atoms. The minimum atomic E-state index is 0.0145. The third kappa shape index (κ3) is 13.5. The Kier molecular flexibility index (Phi) is 20.4. The lowest BCUT2D eigenvalue weighted by Gasteiger charge is -2.16. The van der Waals surface area contributed by atoms with Crippen LogP contribution in [0.15, 0.2) is 37.6 Å². The summed E-state index contributed by atoms with van der Waals surface area (Å²) >= 11 is 8.41. The number of carbonyl (C=O) groups excluding carboxylic acids is 3. The molecule has 0 saturated carbocycles. The molecule has 3 saturated heterocycles. The standard InChI is InChI=1S/C19H26N8O.C16H20N8O.C12H13ClN6.C4H8N2O.C3H7I/c1-5-7-26-10-13(8-15(26)28)23-17-16-19(21-11-20-17)25(4)18(24-16)14-9-22-27(6-2)12(14)3;1-4-24-9(2)11(7-20-24)15-22-13-14(18-8-19-16(13)23(15)3)21-10-5-12(25)17-6-10;1-4-19-7(2)8(5-16-19)11-17-9-10(13)14-6-15-12(9)18(11)3;5-3-1-4(7)6-2-3;1-2-3-4/h9,11,13H,5-8,10H2,1-4H3,(H,20,21,23);7-8,10H,4-6H2,1-3H3,(H,17,25)(H,18,19,21);5-6H,4H2,1-3H3;3H,1-2,5H2,(H,6,7);2-3H2,1H3. The van der Waals surface area contributed by atoms with E-state index in [9.17, 15) is 14.4 Å². The van der Waals surface area contributed by atoms with E-state index in [1.54, 1.807) is 6.33 Å². The van der Waals surface area contributed by atoms with Crippen LogP contribution in [0.3, 0.4) is 0 Å². The lowest BCUT2D eigenvalue weighted by atomic mass is 10.2. The molecule has 0 aromatic carbocycles. The van der Waals surface area contributed by atoms with Crippen LogP contribution in [-0.2, 0) is 55.2 Å². The van der Waals surface area contributed by atoms with Crippen molar-refractivity contribution in [2.75, 3.05) is 41.2 Å². The number of aromatic nitrogens is 18. The molecule has 12 rings (SSSR count). The number of aryl methyl sites for hydroxylation is 6. The molecule has 6 N–H and O–H groups in total. The Morgan fingerprint density at radius 1 is 0.590 bits per heavy atom. The van der Waals surface area contributed by atoms with Gasteiger partial charge in [-0.2, -0.15) is 15.3 Å². The number of likely N-dealkylation sites (tertiary alicyclic amines) is 1. The summed E-state index contributed by atoms with van der Waals surface area (Å²) in [6, 6.07) is 0.111. The molecule has 0 spiro atoms. The van der Waals surface area contributed by atoms with Crippen molar-refractivity contribution < 1.29 is 14.4 Å². The summed E-state index contributed by atoms with van der Waals surface area (Å²) in [5, 5.41) is 25.7. The second-order valence-electron chi connectivity index (χ2n) is 20.2. The summed E-state index contributed by atoms with van der Waals surface area (Å²) < 4.78 is 12.9. The van der Waals surface area contributed by atoms with Gasteiger partial charge in [0.2, 0.25) is 17.7 Å². The normalized spacial score (nSPS) is 16.5. The largest absolute Gasteiger partial charge is 0.363 e. The summed E-state index contributed by atoms with van der Waals surface area (Å²) in [6.07, 6.45) is 13.7. The third-order valence-corrected chi connectivity index (χ3v) is 15.8. The van der Waals surface area contributed by atoms with Crippen LogP contribution in [0, 0.1) is 20.8 Å². The Morgan fingerprint density at radius 3 is 1.37 bits per heavy atom. The van der Waals surface area contributed by atoms with Crippen LogP contribution >= 0.6 is 34.2 Å². The maximum absolute atomic E-state index is 12.2. The number of hydrogen-bond donors (Lipinski definition) is 5. The molecule has 442 valence electrons. The van der Waals surface area contributed by atoms with E-state index in [2.05, 4.69) is 129 Å². The highest BCUT2D eigenvalue weighted by Crippen LogP contribution is 2.31. The molecule has 3 aliphatic rings. The van der Waals surface area contributed by atoms with Crippen molar-refractivity contribution in [2.24, 2.45) is 26.9 Å². The number of nitrogens with zero attached hydrogens (tertiary/aromatic N) is 19. The van der Waals surface area contributed by atoms with Crippen LogP contribution in [0.2, 0.25) is 5.15 Å². The SMILES string of the molecule is CCCI.CCCN1CC(Nc2ncnc3c2nc(-c2cnn(CC)c2C)n3C)CC1=O.CCn1ncc(-c2nc3c(Cl)ncnc3n2C)c1C.CCn1ncc(-c2nc3c(NC4CNC(=O)C4)ncnc3n2C)c1C.NC1CNC(=O)C1. The zero-order chi connectivity index (χ0) is 59.6. The molecule has 3 amide bonds. The van der Waals surface area contributed by atoms with Crippen molar-refractivity contribution in [1.29, 1.82) is 0 Å². The molecule has 3 unspecified atom stereocenters. The number of imidazole rings is 3. The maximum atomic E-state index is 12.2. The van der Waals surface area contributed by atoms with Gasteiger partial charge in [-0.1, -0.05) is 48.0 Å². The number of halogens is 2. The predicted octanol–water partition coefficient (Wildman–Crippen LogP) is 5.71. The van der Waals surface area contributed by atoms with E-state index >= 15 is 0 Å². The van der Waals surface area contributed by atoms with Crippen molar-refractivity contribution in [3.05, 3.63) is 59.8 Å². The number of amides is 3. The molecule has 9 aromatic rings. The Bertz CT molecular complexity index is 3720. The first-order valence-electron chi connectivity index (χ1n) is 27.9. The van der Waals surface area contributed by atoms with Gasteiger partial charge in [0.15, 0.2) is 44.8 Å². The highest BCUT2D eigenvalue weighted by atomic mass is 127. The van der Waals surface area contributed by atoms with Crippen LogP contribution < -0.4 is 27.0 Å². The second kappa shape index (κ2) is 27.6.